The zero-order chi connectivity index (χ0) is 22.2. The fraction of sp³-hybridized carbons (Fsp3) is 0.591. The molecule has 3 heterocycles. The summed E-state index contributed by atoms with van der Waals surface area (Å²) in [6.45, 7) is 2.23. The molecule has 3 aliphatic heterocycles. The van der Waals surface area contributed by atoms with Crippen LogP contribution in [0.25, 0.3) is 0 Å². The topological polar surface area (TPSA) is 105 Å². The Bertz CT molecular complexity index is 879. The van der Waals surface area contributed by atoms with Crippen LogP contribution in [0.15, 0.2) is 24.3 Å². The summed E-state index contributed by atoms with van der Waals surface area (Å²) in [7, 11) is 0. The molecule has 3 aliphatic rings. The number of aliphatic hydroxyl groups excluding tert-OH is 1. The number of benzene rings is 1. The average molecular weight is 451 g/mol. The van der Waals surface area contributed by atoms with E-state index in [9.17, 15) is 14.4 Å². The van der Waals surface area contributed by atoms with Crippen molar-refractivity contribution in [3.05, 3.63) is 29.3 Å². The van der Waals surface area contributed by atoms with Crippen molar-refractivity contribution >= 4 is 35.1 Å². The van der Waals surface area contributed by atoms with Gasteiger partial charge in [-0.1, -0.05) is 23.7 Å². The number of anilines is 1. The van der Waals surface area contributed by atoms with Crippen LogP contribution in [0, 0.1) is 11.8 Å². The highest BCUT2D eigenvalue weighted by Crippen LogP contribution is 2.58. The number of carbonyl (C=O) groups excluding carboxylic acids is 3. The Balaban J connectivity index is 1.67. The molecule has 31 heavy (non-hydrogen) atoms. The Labute approximate surface area is 185 Å². The number of ether oxygens (including phenoxy) is 2. The Morgan fingerprint density at radius 2 is 2.13 bits per heavy atom. The lowest BCUT2D eigenvalue weighted by atomic mass is 9.71. The van der Waals surface area contributed by atoms with E-state index in [2.05, 4.69) is 5.32 Å². The van der Waals surface area contributed by atoms with Crippen LogP contribution in [-0.4, -0.2) is 65.3 Å². The largest absolute Gasteiger partial charge is 0.466 e. The lowest BCUT2D eigenvalue weighted by molar-refractivity contribution is -0.154. The highest BCUT2D eigenvalue weighted by atomic mass is 35.5. The van der Waals surface area contributed by atoms with Crippen LogP contribution in [0.5, 0.6) is 0 Å². The Morgan fingerprint density at radius 1 is 1.35 bits per heavy atom. The van der Waals surface area contributed by atoms with Gasteiger partial charge in [-0.3, -0.25) is 14.4 Å². The van der Waals surface area contributed by atoms with Crippen molar-refractivity contribution in [3.63, 3.8) is 0 Å². The molecule has 0 aliphatic carbocycles. The van der Waals surface area contributed by atoms with Crippen molar-refractivity contribution in [2.24, 2.45) is 11.8 Å². The highest BCUT2D eigenvalue weighted by Gasteiger charge is 2.74. The molecule has 2 bridgehead atoms. The standard InChI is InChI=1S/C22H27ClN2O6/c1-2-30-21(29)16-15-9-10-22(31-15)17(16)20(28)25(11-5-6-12-26)18(22)19(27)24-14-8-4-3-7-13(14)23/h3-4,7-8,15-18,26H,2,5-6,9-12H2,1H3,(H,24,27)/t15-,16+,17+,18?,22?/m1/s1. The van der Waals surface area contributed by atoms with Gasteiger partial charge in [-0.25, -0.2) is 0 Å². The molecule has 168 valence electrons. The van der Waals surface area contributed by atoms with Crippen LogP contribution in [0.1, 0.15) is 32.6 Å². The summed E-state index contributed by atoms with van der Waals surface area (Å²) in [6.07, 6.45) is 1.72. The second kappa shape index (κ2) is 8.76. The van der Waals surface area contributed by atoms with Crippen LogP contribution in [0.3, 0.4) is 0 Å². The second-order valence-corrected chi connectivity index (χ2v) is 8.65. The molecule has 4 rings (SSSR count). The van der Waals surface area contributed by atoms with Crippen molar-refractivity contribution in [1.82, 2.24) is 4.90 Å². The third-order valence-electron chi connectivity index (χ3n) is 6.55. The van der Waals surface area contributed by atoms with Crippen LogP contribution >= 0.6 is 11.6 Å². The van der Waals surface area contributed by atoms with Gasteiger partial charge in [-0.05, 0) is 44.7 Å². The van der Waals surface area contributed by atoms with Gasteiger partial charge in [0.15, 0.2) is 0 Å². The number of rotatable bonds is 8. The molecule has 2 amide bonds. The first kappa shape index (κ1) is 22.0. The van der Waals surface area contributed by atoms with Crippen LogP contribution in [0.4, 0.5) is 5.69 Å². The minimum absolute atomic E-state index is 0.00286. The van der Waals surface area contributed by atoms with Gasteiger partial charge in [0.1, 0.15) is 11.6 Å². The SMILES string of the molecule is CCOC(=O)[C@@H]1[C@H]2C(=O)N(CCCCO)C(C(=O)Nc3ccccc3Cl)C23CC[C@H]1O3. The van der Waals surface area contributed by atoms with Gasteiger partial charge < -0.3 is 24.8 Å². The number of halogens is 1. The maximum atomic E-state index is 13.5. The van der Waals surface area contributed by atoms with Crippen LogP contribution in [-0.2, 0) is 23.9 Å². The maximum absolute atomic E-state index is 13.5. The first-order chi connectivity index (χ1) is 14.9. The van der Waals surface area contributed by atoms with E-state index in [1.807, 2.05) is 0 Å². The molecule has 2 unspecified atom stereocenters. The minimum Gasteiger partial charge on any atom is -0.466 e. The molecule has 9 heteroatoms. The number of para-hydroxylation sites is 1. The van der Waals surface area contributed by atoms with E-state index in [1.165, 1.54) is 4.90 Å². The van der Waals surface area contributed by atoms with E-state index in [4.69, 9.17) is 26.2 Å². The first-order valence-corrected chi connectivity index (χ1v) is 11.1. The predicted octanol–water partition coefficient (Wildman–Crippen LogP) is 1.99. The number of hydrogen-bond acceptors (Lipinski definition) is 6. The van der Waals surface area contributed by atoms with Crippen molar-refractivity contribution in [2.45, 2.75) is 50.4 Å². The molecule has 1 spiro atoms. The number of nitrogens with zero attached hydrogens (tertiary/aromatic N) is 1. The molecule has 3 saturated heterocycles. The molecule has 8 nitrogen and oxygen atoms in total. The molecule has 3 fully saturated rings. The second-order valence-electron chi connectivity index (χ2n) is 8.24. The summed E-state index contributed by atoms with van der Waals surface area (Å²) >= 11 is 6.21. The molecule has 0 saturated carbocycles. The zero-order valence-electron chi connectivity index (χ0n) is 17.4. The molecule has 1 aromatic carbocycles. The van der Waals surface area contributed by atoms with Crippen molar-refractivity contribution < 1.29 is 29.0 Å². The summed E-state index contributed by atoms with van der Waals surface area (Å²) in [4.78, 5) is 41.2. The van der Waals surface area contributed by atoms with E-state index >= 15 is 0 Å². The van der Waals surface area contributed by atoms with E-state index in [1.54, 1.807) is 31.2 Å². The smallest absolute Gasteiger partial charge is 0.312 e. The highest BCUT2D eigenvalue weighted by molar-refractivity contribution is 6.33. The lowest BCUT2D eigenvalue weighted by Gasteiger charge is -2.33. The lowest BCUT2D eigenvalue weighted by Crippen LogP contribution is -2.53. The first-order valence-electron chi connectivity index (χ1n) is 10.8. The van der Waals surface area contributed by atoms with Gasteiger partial charge in [0.05, 0.1) is 35.3 Å². The summed E-state index contributed by atoms with van der Waals surface area (Å²) in [5, 5.41) is 12.4. The maximum Gasteiger partial charge on any atom is 0.312 e. The van der Waals surface area contributed by atoms with Gasteiger partial charge >= 0.3 is 5.97 Å². The van der Waals surface area contributed by atoms with Gasteiger partial charge in [0.2, 0.25) is 11.8 Å². The number of hydrogen-bond donors (Lipinski definition) is 2. The summed E-state index contributed by atoms with van der Waals surface area (Å²) < 4.78 is 11.5. The summed E-state index contributed by atoms with van der Waals surface area (Å²) in [5.41, 5.74) is -0.616. The number of nitrogens with one attached hydrogen (secondary N) is 1. The molecular formula is C22H27ClN2O6. The predicted molar refractivity (Wildman–Crippen MR) is 112 cm³/mol. The van der Waals surface area contributed by atoms with E-state index in [0.717, 1.165) is 0 Å². The number of likely N-dealkylation sites (tertiary alicyclic amines) is 1. The van der Waals surface area contributed by atoms with Crippen molar-refractivity contribution in [1.29, 1.82) is 0 Å². The number of esters is 1. The van der Waals surface area contributed by atoms with Crippen molar-refractivity contribution in [3.8, 4) is 0 Å². The van der Waals surface area contributed by atoms with E-state index < -0.39 is 41.5 Å². The monoisotopic (exact) mass is 450 g/mol. The quantitative estimate of drug-likeness (QED) is 0.463. The summed E-state index contributed by atoms with van der Waals surface area (Å²) in [5.74, 6) is -2.56. The molecule has 1 aromatic rings. The third-order valence-corrected chi connectivity index (χ3v) is 6.88. The normalized spacial score (nSPS) is 31.1. The van der Waals surface area contributed by atoms with E-state index in [-0.39, 0.29) is 19.1 Å². The molecule has 2 N–H and O–H groups in total. The zero-order valence-corrected chi connectivity index (χ0v) is 18.1. The molecule has 0 aromatic heterocycles. The number of carbonyl (C=O) groups is 3. The molecule has 5 atom stereocenters. The van der Waals surface area contributed by atoms with Gasteiger partial charge in [-0.15, -0.1) is 0 Å². The van der Waals surface area contributed by atoms with Gasteiger partial charge in [0, 0.05) is 13.2 Å². The third kappa shape index (κ3) is 3.60. The molecule has 0 radical (unpaired) electrons. The summed E-state index contributed by atoms with van der Waals surface area (Å²) in [6, 6.07) is 6.00. The van der Waals surface area contributed by atoms with Crippen LogP contribution in [0.2, 0.25) is 5.02 Å². The number of unbranched alkanes of at least 4 members (excludes halogenated alkanes) is 1. The number of aliphatic hydroxyl groups is 1. The molecular weight excluding hydrogens is 424 g/mol. The fourth-order valence-corrected chi connectivity index (χ4v) is 5.54. The number of fused-ring (bicyclic) bond motifs is 1. The van der Waals surface area contributed by atoms with Gasteiger partial charge in [-0.2, -0.15) is 0 Å². The van der Waals surface area contributed by atoms with E-state index in [0.29, 0.717) is 42.9 Å². The Morgan fingerprint density at radius 3 is 2.84 bits per heavy atom. The average Bonchev–Trinajstić information content (AvgIpc) is 3.38. The Hall–Kier alpha value is -2.16. The Kier molecular flexibility index (Phi) is 6.23. The van der Waals surface area contributed by atoms with Gasteiger partial charge in [0.25, 0.3) is 0 Å². The fourth-order valence-electron chi connectivity index (χ4n) is 5.36. The minimum atomic E-state index is -1.07. The van der Waals surface area contributed by atoms with Crippen LogP contribution < -0.4 is 5.32 Å². The van der Waals surface area contributed by atoms with Crippen molar-refractivity contribution in [2.75, 3.05) is 25.1 Å². The number of amides is 2.